The maximum atomic E-state index is 11.4. The molecule has 0 unspecified atom stereocenters. The topological polar surface area (TPSA) is 80.0 Å². The summed E-state index contributed by atoms with van der Waals surface area (Å²) >= 11 is 0. The number of hydrogen-bond donors (Lipinski definition) is 2. The summed E-state index contributed by atoms with van der Waals surface area (Å²) < 4.78 is 5.16. The molecule has 19 heavy (non-hydrogen) atoms. The lowest BCUT2D eigenvalue weighted by Gasteiger charge is -2.23. The average Bonchev–Trinajstić information content (AvgIpc) is 2.95. The van der Waals surface area contributed by atoms with E-state index in [-0.39, 0.29) is 17.8 Å². The van der Waals surface area contributed by atoms with Crippen LogP contribution < -0.4 is 10.6 Å². The maximum absolute atomic E-state index is 11.4. The smallest absolute Gasteiger partial charge is 0.292 e. The van der Waals surface area contributed by atoms with Crippen molar-refractivity contribution in [2.24, 2.45) is 0 Å². The van der Waals surface area contributed by atoms with Crippen LogP contribution in [0.2, 0.25) is 0 Å². The molecule has 2 N–H and O–H groups in total. The van der Waals surface area contributed by atoms with Crippen LogP contribution in [0.3, 0.4) is 0 Å². The fourth-order valence-corrected chi connectivity index (χ4v) is 2.21. The van der Waals surface area contributed by atoms with E-state index >= 15 is 0 Å². The van der Waals surface area contributed by atoms with Gasteiger partial charge < -0.3 is 15.2 Å². The van der Waals surface area contributed by atoms with Gasteiger partial charge in [0.05, 0.1) is 6.04 Å². The van der Waals surface area contributed by atoms with E-state index in [1.165, 1.54) is 18.2 Å². The van der Waals surface area contributed by atoms with Crippen molar-refractivity contribution in [2.45, 2.75) is 19.0 Å². The van der Waals surface area contributed by atoms with Crippen molar-refractivity contribution >= 4 is 5.91 Å². The molecule has 0 radical (unpaired) electrons. The number of hydrogen-bond acceptors (Lipinski definition) is 5. The summed E-state index contributed by atoms with van der Waals surface area (Å²) in [5.41, 5.74) is 2.55. The fraction of sp³-hybridized carbons (Fsp3) is 0.308. The van der Waals surface area contributed by atoms with Crippen LogP contribution in [-0.2, 0) is 13.0 Å². The van der Waals surface area contributed by atoms with Gasteiger partial charge in [0.1, 0.15) is 0 Å². The van der Waals surface area contributed by atoms with Crippen LogP contribution in [0.4, 0.5) is 0 Å². The predicted molar refractivity (Wildman–Crippen MR) is 67.4 cm³/mol. The van der Waals surface area contributed by atoms with Gasteiger partial charge in [-0.2, -0.15) is 4.98 Å². The minimum Gasteiger partial charge on any atom is -0.352 e. The number of amides is 1. The van der Waals surface area contributed by atoms with Crippen LogP contribution >= 0.6 is 0 Å². The maximum Gasteiger partial charge on any atom is 0.292 e. The molecule has 0 saturated heterocycles. The highest BCUT2D eigenvalue weighted by molar-refractivity contribution is 5.89. The number of fused-ring (bicyclic) bond motifs is 1. The summed E-state index contributed by atoms with van der Waals surface area (Å²) in [5.74, 6) is 0.178. The van der Waals surface area contributed by atoms with Gasteiger partial charge in [0.25, 0.3) is 11.7 Å². The molecule has 6 heteroatoms. The van der Waals surface area contributed by atoms with Crippen LogP contribution in [0.1, 0.15) is 33.7 Å². The minimum atomic E-state index is -0.341. The quantitative estimate of drug-likeness (QED) is 0.833. The number of nitrogens with one attached hydrogen (secondary N) is 2. The van der Waals surface area contributed by atoms with Crippen molar-refractivity contribution in [1.82, 2.24) is 20.8 Å². The third kappa shape index (κ3) is 2.22. The first kappa shape index (κ1) is 11.9. The summed E-state index contributed by atoms with van der Waals surface area (Å²) in [6.07, 6.45) is 0.783. The van der Waals surface area contributed by atoms with Crippen LogP contribution in [0.15, 0.2) is 28.8 Å². The zero-order valence-electron chi connectivity index (χ0n) is 10.5. The lowest BCUT2D eigenvalue weighted by Crippen LogP contribution is -2.29. The van der Waals surface area contributed by atoms with E-state index in [1.54, 1.807) is 0 Å². The van der Waals surface area contributed by atoms with Crippen LogP contribution in [0.25, 0.3) is 0 Å². The zero-order chi connectivity index (χ0) is 13.2. The Kier molecular flexibility index (Phi) is 3.00. The Morgan fingerprint density at radius 3 is 3.00 bits per heavy atom. The molecule has 0 spiro atoms. The van der Waals surface area contributed by atoms with Gasteiger partial charge in [-0.3, -0.25) is 4.79 Å². The second-order valence-electron chi connectivity index (χ2n) is 4.44. The van der Waals surface area contributed by atoms with Crippen molar-refractivity contribution < 1.29 is 9.32 Å². The average molecular weight is 258 g/mol. The SMILES string of the molecule is CNC(=O)c1noc([C@@H]2Cc3ccccc3CN2)n1. The number of nitrogens with zero attached hydrogens (tertiary/aromatic N) is 2. The summed E-state index contributed by atoms with van der Waals surface area (Å²) in [6.45, 7) is 0.762. The Morgan fingerprint density at radius 2 is 2.21 bits per heavy atom. The fourth-order valence-electron chi connectivity index (χ4n) is 2.21. The molecule has 1 aliphatic rings. The highest BCUT2D eigenvalue weighted by Crippen LogP contribution is 2.24. The van der Waals surface area contributed by atoms with Crippen molar-refractivity contribution in [3.05, 3.63) is 47.1 Å². The summed E-state index contributed by atoms with van der Waals surface area (Å²) in [7, 11) is 1.54. The Morgan fingerprint density at radius 1 is 1.42 bits per heavy atom. The first-order valence-electron chi connectivity index (χ1n) is 6.14. The van der Waals surface area contributed by atoms with Gasteiger partial charge in [-0.05, 0) is 17.5 Å². The van der Waals surface area contributed by atoms with Gasteiger partial charge in [-0.1, -0.05) is 29.4 Å². The molecule has 1 atom stereocenters. The van der Waals surface area contributed by atoms with Gasteiger partial charge >= 0.3 is 0 Å². The Hall–Kier alpha value is -2.21. The molecule has 1 aromatic heterocycles. The van der Waals surface area contributed by atoms with Crippen molar-refractivity contribution in [3.63, 3.8) is 0 Å². The van der Waals surface area contributed by atoms with E-state index in [9.17, 15) is 4.79 Å². The molecular formula is C13H14N4O2. The van der Waals surface area contributed by atoms with Crippen molar-refractivity contribution in [3.8, 4) is 0 Å². The second kappa shape index (κ2) is 4.81. The summed E-state index contributed by atoms with van der Waals surface area (Å²) in [6, 6.07) is 8.20. The summed E-state index contributed by atoms with van der Waals surface area (Å²) in [5, 5.41) is 9.48. The molecule has 6 nitrogen and oxygen atoms in total. The molecule has 1 aliphatic heterocycles. The number of carbonyl (C=O) groups excluding carboxylic acids is 1. The van der Waals surface area contributed by atoms with Gasteiger partial charge in [-0.15, -0.1) is 0 Å². The lowest BCUT2D eigenvalue weighted by atomic mass is 9.96. The molecule has 0 saturated carbocycles. The van der Waals surface area contributed by atoms with Gasteiger partial charge in [-0.25, -0.2) is 0 Å². The van der Waals surface area contributed by atoms with Gasteiger partial charge in [0, 0.05) is 13.6 Å². The highest BCUT2D eigenvalue weighted by Gasteiger charge is 2.25. The Balaban J connectivity index is 1.81. The molecular weight excluding hydrogens is 244 g/mol. The molecule has 1 amide bonds. The largest absolute Gasteiger partial charge is 0.352 e. The van der Waals surface area contributed by atoms with Crippen LogP contribution in [0, 0.1) is 0 Å². The summed E-state index contributed by atoms with van der Waals surface area (Å²) in [4.78, 5) is 15.5. The van der Waals surface area contributed by atoms with Gasteiger partial charge in [0.15, 0.2) is 0 Å². The van der Waals surface area contributed by atoms with E-state index in [2.05, 4.69) is 32.9 Å². The molecule has 2 aromatic rings. The first-order chi connectivity index (χ1) is 9.28. The van der Waals surface area contributed by atoms with Gasteiger partial charge in [0.2, 0.25) is 5.89 Å². The zero-order valence-corrected chi connectivity index (χ0v) is 10.5. The van der Waals surface area contributed by atoms with E-state index in [0.29, 0.717) is 5.89 Å². The van der Waals surface area contributed by atoms with Crippen molar-refractivity contribution in [2.75, 3.05) is 7.05 Å². The number of aromatic nitrogens is 2. The third-order valence-corrected chi connectivity index (χ3v) is 3.25. The van der Waals surface area contributed by atoms with E-state index in [0.717, 1.165) is 13.0 Å². The molecule has 3 rings (SSSR count). The highest BCUT2D eigenvalue weighted by atomic mass is 16.5. The molecule has 0 aliphatic carbocycles. The number of benzene rings is 1. The van der Waals surface area contributed by atoms with E-state index < -0.39 is 0 Å². The van der Waals surface area contributed by atoms with E-state index in [4.69, 9.17) is 4.52 Å². The van der Waals surface area contributed by atoms with E-state index in [1.807, 2.05) is 12.1 Å². The van der Waals surface area contributed by atoms with Crippen molar-refractivity contribution in [1.29, 1.82) is 0 Å². The van der Waals surface area contributed by atoms with Crippen LogP contribution in [0.5, 0.6) is 0 Å². The number of rotatable bonds is 2. The number of carbonyl (C=O) groups is 1. The minimum absolute atomic E-state index is 0.0409. The Labute approximate surface area is 110 Å². The molecule has 0 bridgehead atoms. The molecule has 2 heterocycles. The molecule has 0 fully saturated rings. The standard InChI is InChI=1S/C13H14N4O2/c1-14-12(18)11-16-13(19-17-11)10-6-8-4-2-3-5-9(8)7-15-10/h2-5,10,15H,6-7H2,1H3,(H,14,18)/t10-/m0/s1. The first-order valence-corrected chi connectivity index (χ1v) is 6.14. The second-order valence-corrected chi connectivity index (χ2v) is 4.44. The predicted octanol–water partition coefficient (Wildman–Crippen LogP) is 0.816. The molecule has 1 aromatic carbocycles. The normalized spacial score (nSPS) is 17.8. The third-order valence-electron chi connectivity index (χ3n) is 3.25. The monoisotopic (exact) mass is 258 g/mol. The molecule has 98 valence electrons. The van der Waals surface area contributed by atoms with Crippen LogP contribution in [-0.4, -0.2) is 23.1 Å². The Bertz CT molecular complexity index is 608. The lowest BCUT2D eigenvalue weighted by molar-refractivity contribution is 0.0950.